The zero-order valence-corrected chi connectivity index (χ0v) is 21.1. The molecular formula is C38H22O. The minimum absolute atomic E-state index is 0.126. The van der Waals surface area contributed by atoms with Crippen LogP contribution in [0.1, 0.15) is 38.2 Å². The van der Waals surface area contributed by atoms with Gasteiger partial charge in [-0.1, -0.05) is 127 Å². The smallest absolute Gasteiger partial charge is 0.194 e. The van der Waals surface area contributed by atoms with Crippen molar-refractivity contribution in [3.8, 4) is 44.5 Å². The number of carbonyl (C=O) groups is 1. The fourth-order valence-corrected chi connectivity index (χ4v) is 7.63. The molecule has 1 nitrogen and oxygen atoms in total. The molecule has 6 aromatic carbocycles. The van der Waals surface area contributed by atoms with E-state index < -0.39 is 5.41 Å². The van der Waals surface area contributed by atoms with Crippen LogP contribution in [-0.2, 0) is 5.41 Å². The Hall–Kier alpha value is -5.01. The van der Waals surface area contributed by atoms with Crippen LogP contribution in [0, 0.1) is 0 Å². The lowest BCUT2D eigenvalue weighted by molar-refractivity contribution is 0.104. The summed E-state index contributed by atoms with van der Waals surface area (Å²) in [6, 6.07) is 47.4. The van der Waals surface area contributed by atoms with Crippen LogP contribution >= 0.6 is 0 Å². The van der Waals surface area contributed by atoms with E-state index >= 15 is 0 Å². The van der Waals surface area contributed by atoms with Gasteiger partial charge in [0.1, 0.15) is 0 Å². The summed E-state index contributed by atoms with van der Waals surface area (Å²) in [4.78, 5) is 14.3. The van der Waals surface area contributed by atoms with Crippen LogP contribution in [0.15, 0.2) is 133 Å². The molecule has 0 atom stereocenters. The zero-order valence-electron chi connectivity index (χ0n) is 21.1. The van der Waals surface area contributed by atoms with Gasteiger partial charge in [-0.05, 0) is 67.3 Å². The molecule has 1 heteroatoms. The Morgan fingerprint density at radius 2 is 0.846 bits per heavy atom. The molecule has 0 aromatic heterocycles. The van der Waals surface area contributed by atoms with Crippen LogP contribution in [0.25, 0.3) is 44.5 Å². The highest BCUT2D eigenvalue weighted by atomic mass is 16.1. The first-order valence-corrected chi connectivity index (χ1v) is 13.5. The van der Waals surface area contributed by atoms with Gasteiger partial charge in [-0.15, -0.1) is 0 Å². The van der Waals surface area contributed by atoms with Crippen LogP contribution in [0.4, 0.5) is 0 Å². The molecule has 0 radical (unpaired) electrons. The monoisotopic (exact) mass is 494 g/mol. The van der Waals surface area contributed by atoms with E-state index in [1.807, 2.05) is 18.2 Å². The molecule has 0 heterocycles. The van der Waals surface area contributed by atoms with Gasteiger partial charge in [0.2, 0.25) is 0 Å². The van der Waals surface area contributed by atoms with Crippen molar-refractivity contribution in [3.05, 3.63) is 167 Å². The first-order valence-electron chi connectivity index (χ1n) is 13.5. The second kappa shape index (κ2) is 7.30. The number of benzene rings is 6. The number of carbonyl (C=O) groups excluding carboxylic acids is 1. The largest absolute Gasteiger partial charge is 0.289 e. The van der Waals surface area contributed by atoms with E-state index in [0.717, 1.165) is 44.5 Å². The molecule has 1 spiro atoms. The Balaban J connectivity index is 1.52. The van der Waals surface area contributed by atoms with Gasteiger partial charge in [-0.3, -0.25) is 4.79 Å². The van der Waals surface area contributed by atoms with Crippen molar-refractivity contribution in [2.45, 2.75) is 5.41 Å². The van der Waals surface area contributed by atoms with E-state index in [0.29, 0.717) is 0 Å². The summed E-state index contributed by atoms with van der Waals surface area (Å²) in [6.07, 6.45) is 0. The number of hydrogen-bond donors (Lipinski definition) is 0. The lowest BCUT2D eigenvalue weighted by Gasteiger charge is -2.31. The maximum Gasteiger partial charge on any atom is 0.194 e. The van der Waals surface area contributed by atoms with Gasteiger partial charge in [0, 0.05) is 16.7 Å². The van der Waals surface area contributed by atoms with Crippen molar-refractivity contribution in [3.63, 3.8) is 0 Å². The Bertz CT molecular complexity index is 1980. The van der Waals surface area contributed by atoms with Gasteiger partial charge in [0.15, 0.2) is 5.78 Å². The average molecular weight is 495 g/mol. The molecule has 3 aliphatic rings. The van der Waals surface area contributed by atoms with E-state index in [1.165, 1.54) is 33.4 Å². The molecule has 0 aliphatic heterocycles. The summed E-state index contributed by atoms with van der Waals surface area (Å²) in [6.45, 7) is 0. The predicted octanol–water partition coefficient (Wildman–Crippen LogP) is 8.91. The standard InChI is InChI=1S/C38H22O/c39-37-27-17-5-4-16-26(27)34-29(23-12-2-1-3-13-23)22-33-35(36(34)37)28-18-8-11-21-32(28)38(33)30-19-9-6-14-24(30)25-15-7-10-20-31(25)38/h1-22H. The average Bonchev–Trinajstić information content (AvgIpc) is 3.59. The SMILES string of the molecule is O=C1c2ccccc2-c2c(-c3ccccc3)cc3c(c21)-c1ccccc1C31c2ccccc2-c2ccccc21. The van der Waals surface area contributed by atoms with Crippen molar-refractivity contribution in [1.29, 1.82) is 0 Å². The molecule has 0 bridgehead atoms. The quantitative estimate of drug-likeness (QED) is 0.223. The molecule has 39 heavy (non-hydrogen) atoms. The third-order valence-electron chi connectivity index (χ3n) is 9.04. The minimum Gasteiger partial charge on any atom is -0.289 e. The molecule has 0 fully saturated rings. The number of hydrogen-bond acceptors (Lipinski definition) is 1. The van der Waals surface area contributed by atoms with Crippen LogP contribution in [0.5, 0.6) is 0 Å². The summed E-state index contributed by atoms with van der Waals surface area (Å²) in [5.74, 6) is 0.126. The molecule has 0 N–H and O–H groups in total. The summed E-state index contributed by atoms with van der Waals surface area (Å²) < 4.78 is 0. The molecule has 6 aromatic rings. The highest BCUT2D eigenvalue weighted by Gasteiger charge is 2.53. The maximum absolute atomic E-state index is 14.3. The van der Waals surface area contributed by atoms with Gasteiger partial charge in [0.05, 0.1) is 5.41 Å². The summed E-state index contributed by atoms with van der Waals surface area (Å²) in [7, 11) is 0. The summed E-state index contributed by atoms with van der Waals surface area (Å²) in [5.41, 5.74) is 15.4. The second-order valence-corrected chi connectivity index (χ2v) is 10.7. The summed E-state index contributed by atoms with van der Waals surface area (Å²) in [5, 5.41) is 0. The Kier molecular flexibility index (Phi) is 3.93. The van der Waals surface area contributed by atoms with E-state index in [2.05, 4.69) is 115 Å². The second-order valence-electron chi connectivity index (χ2n) is 10.7. The normalized spacial score (nSPS) is 14.4. The van der Waals surface area contributed by atoms with Crippen molar-refractivity contribution in [2.24, 2.45) is 0 Å². The number of fused-ring (bicyclic) bond motifs is 14. The molecule has 180 valence electrons. The molecular weight excluding hydrogens is 472 g/mol. The molecule has 9 rings (SSSR count). The van der Waals surface area contributed by atoms with Gasteiger partial charge in [-0.25, -0.2) is 0 Å². The van der Waals surface area contributed by atoms with Gasteiger partial charge in [0.25, 0.3) is 0 Å². The van der Waals surface area contributed by atoms with Crippen LogP contribution in [0.2, 0.25) is 0 Å². The van der Waals surface area contributed by atoms with Crippen LogP contribution in [0.3, 0.4) is 0 Å². The Morgan fingerprint density at radius 1 is 0.359 bits per heavy atom. The van der Waals surface area contributed by atoms with Crippen molar-refractivity contribution in [1.82, 2.24) is 0 Å². The fourth-order valence-electron chi connectivity index (χ4n) is 7.63. The van der Waals surface area contributed by atoms with Gasteiger partial charge < -0.3 is 0 Å². The molecule has 0 saturated heterocycles. The summed E-state index contributed by atoms with van der Waals surface area (Å²) >= 11 is 0. The topological polar surface area (TPSA) is 17.1 Å². The van der Waals surface area contributed by atoms with E-state index in [4.69, 9.17) is 0 Å². The lowest BCUT2D eigenvalue weighted by Crippen LogP contribution is -2.26. The van der Waals surface area contributed by atoms with E-state index in [1.54, 1.807) is 0 Å². The van der Waals surface area contributed by atoms with Crippen LogP contribution in [-0.4, -0.2) is 5.78 Å². The zero-order chi connectivity index (χ0) is 25.7. The molecule has 0 amide bonds. The van der Waals surface area contributed by atoms with E-state index in [-0.39, 0.29) is 5.78 Å². The highest BCUT2D eigenvalue weighted by Crippen LogP contribution is 2.65. The van der Waals surface area contributed by atoms with Gasteiger partial charge >= 0.3 is 0 Å². The van der Waals surface area contributed by atoms with Crippen molar-refractivity contribution < 1.29 is 4.79 Å². The Morgan fingerprint density at radius 3 is 1.49 bits per heavy atom. The fraction of sp³-hybridized carbons (Fsp3) is 0.0263. The van der Waals surface area contributed by atoms with Crippen molar-refractivity contribution >= 4 is 5.78 Å². The first kappa shape index (κ1) is 21.0. The highest BCUT2D eigenvalue weighted by molar-refractivity contribution is 6.28. The van der Waals surface area contributed by atoms with Gasteiger partial charge in [-0.2, -0.15) is 0 Å². The van der Waals surface area contributed by atoms with Crippen LogP contribution < -0.4 is 0 Å². The van der Waals surface area contributed by atoms with E-state index in [9.17, 15) is 4.79 Å². The molecule has 0 saturated carbocycles. The Labute approximate surface area is 227 Å². The first-order chi connectivity index (χ1) is 19.3. The lowest BCUT2D eigenvalue weighted by atomic mass is 9.69. The minimum atomic E-state index is -0.479. The molecule has 3 aliphatic carbocycles. The van der Waals surface area contributed by atoms with Crippen molar-refractivity contribution in [2.75, 3.05) is 0 Å². The predicted molar refractivity (Wildman–Crippen MR) is 157 cm³/mol. The number of rotatable bonds is 1. The molecule has 0 unspecified atom stereocenters. The number of ketones is 1. The maximum atomic E-state index is 14.3. The third kappa shape index (κ3) is 2.40. The third-order valence-corrected chi connectivity index (χ3v) is 9.04.